The molecule has 24 heavy (non-hydrogen) atoms. The standard InChI is InChI=1S/C19H27N3O2/c1-4-22(9-5-6-16-8-7-14(2)20-10-16)12-18-17(13-23)11-21-15(3)19(18)24/h7-8,10-11,23-24H,4-6,9,12-13H2,1-3H3. The molecule has 0 saturated carbocycles. The van der Waals surface area contributed by atoms with Crippen molar-refractivity contribution in [3.05, 3.63) is 52.6 Å². The Bertz CT molecular complexity index is 656. The molecule has 0 aromatic carbocycles. The monoisotopic (exact) mass is 329 g/mol. The second-order valence-electron chi connectivity index (χ2n) is 6.13. The molecule has 0 fully saturated rings. The van der Waals surface area contributed by atoms with E-state index >= 15 is 0 Å². The van der Waals surface area contributed by atoms with Crippen molar-refractivity contribution < 1.29 is 10.2 Å². The van der Waals surface area contributed by atoms with Crippen LogP contribution in [0.1, 0.15) is 41.4 Å². The number of nitrogens with zero attached hydrogens (tertiary/aromatic N) is 3. The third kappa shape index (κ3) is 4.76. The first-order chi connectivity index (χ1) is 11.5. The molecule has 0 unspecified atom stereocenters. The van der Waals surface area contributed by atoms with Crippen molar-refractivity contribution in [3.63, 3.8) is 0 Å². The normalized spacial score (nSPS) is 11.2. The third-order valence-electron chi connectivity index (χ3n) is 4.34. The minimum absolute atomic E-state index is 0.108. The summed E-state index contributed by atoms with van der Waals surface area (Å²) >= 11 is 0. The number of aliphatic hydroxyl groups excluding tert-OH is 1. The minimum Gasteiger partial charge on any atom is -0.506 e. The van der Waals surface area contributed by atoms with Gasteiger partial charge in [0.2, 0.25) is 0 Å². The van der Waals surface area contributed by atoms with Crippen molar-refractivity contribution in [1.29, 1.82) is 0 Å². The van der Waals surface area contributed by atoms with Crippen molar-refractivity contribution in [3.8, 4) is 5.75 Å². The Balaban J connectivity index is 1.97. The van der Waals surface area contributed by atoms with Crippen LogP contribution in [0.3, 0.4) is 0 Å². The SMILES string of the molecule is CCN(CCCc1ccc(C)nc1)Cc1c(CO)cnc(C)c1O. The molecule has 130 valence electrons. The fourth-order valence-electron chi connectivity index (χ4n) is 2.72. The largest absolute Gasteiger partial charge is 0.506 e. The summed E-state index contributed by atoms with van der Waals surface area (Å²) < 4.78 is 0. The summed E-state index contributed by atoms with van der Waals surface area (Å²) in [6.07, 6.45) is 5.60. The van der Waals surface area contributed by atoms with E-state index in [-0.39, 0.29) is 12.4 Å². The van der Waals surface area contributed by atoms with Gasteiger partial charge in [0.25, 0.3) is 0 Å². The van der Waals surface area contributed by atoms with Crippen LogP contribution in [0.5, 0.6) is 5.75 Å². The average molecular weight is 329 g/mol. The van der Waals surface area contributed by atoms with Crippen LogP contribution in [0.15, 0.2) is 24.5 Å². The lowest BCUT2D eigenvalue weighted by Crippen LogP contribution is -2.25. The number of hydrogen-bond acceptors (Lipinski definition) is 5. The number of hydrogen-bond donors (Lipinski definition) is 2. The highest BCUT2D eigenvalue weighted by Crippen LogP contribution is 2.25. The van der Waals surface area contributed by atoms with Crippen LogP contribution in [0, 0.1) is 13.8 Å². The fraction of sp³-hybridized carbons (Fsp3) is 0.474. The van der Waals surface area contributed by atoms with E-state index in [0.717, 1.165) is 37.2 Å². The molecule has 0 radical (unpaired) electrons. The summed E-state index contributed by atoms with van der Waals surface area (Å²) in [5.74, 6) is 0.197. The molecule has 2 heterocycles. The van der Waals surface area contributed by atoms with Crippen LogP contribution < -0.4 is 0 Å². The average Bonchev–Trinajstić information content (AvgIpc) is 2.59. The van der Waals surface area contributed by atoms with Crippen molar-refractivity contribution >= 4 is 0 Å². The molecule has 0 bridgehead atoms. The second-order valence-corrected chi connectivity index (χ2v) is 6.13. The molecule has 2 aromatic heterocycles. The van der Waals surface area contributed by atoms with Gasteiger partial charge in [-0.25, -0.2) is 0 Å². The number of aromatic nitrogens is 2. The van der Waals surface area contributed by atoms with Crippen LogP contribution >= 0.6 is 0 Å². The molecule has 0 spiro atoms. The van der Waals surface area contributed by atoms with Gasteiger partial charge in [-0.2, -0.15) is 0 Å². The van der Waals surface area contributed by atoms with Crippen molar-refractivity contribution in [1.82, 2.24) is 14.9 Å². The van der Waals surface area contributed by atoms with Crippen LogP contribution in [-0.4, -0.2) is 38.2 Å². The van der Waals surface area contributed by atoms with Crippen molar-refractivity contribution in [2.45, 2.75) is 46.8 Å². The Kier molecular flexibility index (Phi) is 6.70. The molecular weight excluding hydrogens is 302 g/mol. The molecule has 2 aromatic rings. The van der Waals surface area contributed by atoms with Gasteiger partial charge in [0.15, 0.2) is 0 Å². The number of aryl methyl sites for hydroxylation is 3. The lowest BCUT2D eigenvalue weighted by atomic mass is 10.1. The molecular formula is C19H27N3O2. The summed E-state index contributed by atoms with van der Waals surface area (Å²) in [6, 6.07) is 4.17. The summed E-state index contributed by atoms with van der Waals surface area (Å²) in [7, 11) is 0. The van der Waals surface area contributed by atoms with Gasteiger partial charge in [-0.3, -0.25) is 14.9 Å². The molecule has 0 amide bonds. The van der Waals surface area contributed by atoms with Gasteiger partial charge in [0.1, 0.15) is 5.75 Å². The summed E-state index contributed by atoms with van der Waals surface area (Å²) in [5, 5.41) is 19.8. The van der Waals surface area contributed by atoms with E-state index in [1.165, 1.54) is 5.56 Å². The van der Waals surface area contributed by atoms with Gasteiger partial charge in [-0.05, 0) is 51.4 Å². The maximum atomic E-state index is 10.3. The molecule has 0 saturated heterocycles. The van der Waals surface area contributed by atoms with E-state index < -0.39 is 0 Å². The highest BCUT2D eigenvalue weighted by Gasteiger charge is 2.14. The zero-order valence-corrected chi connectivity index (χ0v) is 14.8. The van der Waals surface area contributed by atoms with E-state index in [2.05, 4.69) is 27.9 Å². The Morgan fingerprint density at radius 2 is 1.92 bits per heavy atom. The highest BCUT2D eigenvalue weighted by molar-refractivity contribution is 5.40. The van der Waals surface area contributed by atoms with Gasteiger partial charge in [-0.15, -0.1) is 0 Å². The summed E-state index contributed by atoms with van der Waals surface area (Å²) in [4.78, 5) is 10.7. The lowest BCUT2D eigenvalue weighted by molar-refractivity contribution is 0.256. The zero-order valence-electron chi connectivity index (χ0n) is 14.8. The van der Waals surface area contributed by atoms with Crippen LogP contribution in [0.25, 0.3) is 0 Å². The third-order valence-corrected chi connectivity index (χ3v) is 4.34. The first kappa shape index (κ1) is 18.4. The smallest absolute Gasteiger partial charge is 0.141 e. The number of pyridine rings is 2. The van der Waals surface area contributed by atoms with Crippen LogP contribution in [0.2, 0.25) is 0 Å². The maximum absolute atomic E-state index is 10.3. The van der Waals surface area contributed by atoms with Crippen LogP contribution in [0.4, 0.5) is 0 Å². The number of aliphatic hydroxyl groups is 1. The first-order valence-electron chi connectivity index (χ1n) is 8.46. The van der Waals surface area contributed by atoms with E-state index in [1.54, 1.807) is 13.1 Å². The van der Waals surface area contributed by atoms with E-state index in [4.69, 9.17) is 0 Å². The van der Waals surface area contributed by atoms with Gasteiger partial charge in [0.05, 0.1) is 12.3 Å². The highest BCUT2D eigenvalue weighted by atomic mass is 16.3. The first-order valence-corrected chi connectivity index (χ1v) is 8.46. The maximum Gasteiger partial charge on any atom is 0.141 e. The van der Waals surface area contributed by atoms with Gasteiger partial charge in [0, 0.05) is 35.8 Å². The Hall–Kier alpha value is -1.98. The van der Waals surface area contributed by atoms with Crippen molar-refractivity contribution in [2.75, 3.05) is 13.1 Å². The van der Waals surface area contributed by atoms with Gasteiger partial charge >= 0.3 is 0 Å². The molecule has 0 atom stereocenters. The predicted molar refractivity (Wildman–Crippen MR) is 94.8 cm³/mol. The lowest BCUT2D eigenvalue weighted by Gasteiger charge is -2.22. The predicted octanol–water partition coefficient (Wildman–Crippen LogP) is 2.75. The molecule has 0 aliphatic heterocycles. The second kappa shape index (κ2) is 8.76. The number of aromatic hydroxyl groups is 1. The van der Waals surface area contributed by atoms with Crippen LogP contribution in [-0.2, 0) is 19.6 Å². The summed E-state index contributed by atoms with van der Waals surface area (Å²) in [5.41, 5.74) is 4.36. The number of rotatable bonds is 8. The molecule has 2 rings (SSSR count). The zero-order chi connectivity index (χ0) is 17.5. The minimum atomic E-state index is -0.108. The fourth-order valence-corrected chi connectivity index (χ4v) is 2.72. The van der Waals surface area contributed by atoms with Crippen molar-refractivity contribution in [2.24, 2.45) is 0 Å². The molecule has 5 nitrogen and oxygen atoms in total. The topological polar surface area (TPSA) is 69.5 Å². The Labute approximate surface area is 144 Å². The molecule has 5 heteroatoms. The van der Waals surface area contributed by atoms with Gasteiger partial charge in [-0.1, -0.05) is 13.0 Å². The Morgan fingerprint density at radius 3 is 2.54 bits per heavy atom. The van der Waals surface area contributed by atoms with E-state index in [9.17, 15) is 10.2 Å². The summed E-state index contributed by atoms with van der Waals surface area (Å²) in [6.45, 7) is 8.20. The van der Waals surface area contributed by atoms with Gasteiger partial charge < -0.3 is 10.2 Å². The quantitative estimate of drug-likeness (QED) is 0.779. The molecule has 0 aliphatic rings. The van der Waals surface area contributed by atoms with E-state index in [0.29, 0.717) is 17.8 Å². The molecule has 0 aliphatic carbocycles. The van der Waals surface area contributed by atoms with E-state index in [1.807, 2.05) is 19.2 Å². The Morgan fingerprint density at radius 1 is 1.12 bits per heavy atom. The molecule has 2 N–H and O–H groups in total.